The van der Waals surface area contributed by atoms with Gasteiger partial charge in [0.2, 0.25) is 0 Å². The maximum absolute atomic E-state index is 14.0. The minimum atomic E-state index is -4.80. The van der Waals surface area contributed by atoms with Gasteiger partial charge in [0, 0.05) is 43.9 Å². The number of hydrogen-bond donors (Lipinski definition) is 1. The van der Waals surface area contributed by atoms with Gasteiger partial charge in [-0.1, -0.05) is 30.3 Å². The van der Waals surface area contributed by atoms with Gasteiger partial charge in [-0.05, 0) is 62.3 Å². The second kappa shape index (κ2) is 12.4. The number of alkyl halides is 3. The molecule has 0 radical (unpaired) electrons. The molecule has 0 spiro atoms. The molecule has 1 N–H and O–H groups in total. The van der Waals surface area contributed by atoms with Crippen LogP contribution in [0.15, 0.2) is 61.1 Å². The summed E-state index contributed by atoms with van der Waals surface area (Å²) in [5, 5.41) is 3.21. The highest BCUT2D eigenvalue weighted by atomic mass is 19.4. The number of imidazole rings is 1. The van der Waals surface area contributed by atoms with Crippen molar-refractivity contribution in [1.29, 1.82) is 0 Å². The summed E-state index contributed by atoms with van der Waals surface area (Å²) in [4.78, 5) is 30.1. The van der Waals surface area contributed by atoms with Crippen LogP contribution in [0.3, 0.4) is 0 Å². The van der Waals surface area contributed by atoms with Crippen molar-refractivity contribution in [3.05, 3.63) is 89.4 Å². The number of aldehydes is 1. The molecule has 2 aliphatic rings. The van der Waals surface area contributed by atoms with E-state index < -0.39 is 23.6 Å². The molecule has 2 aromatic carbocycles. The van der Waals surface area contributed by atoms with Crippen LogP contribution in [0.1, 0.15) is 41.3 Å². The molecule has 1 saturated heterocycles. The zero-order valence-corrected chi connectivity index (χ0v) is 24.9. The quantitative estimate of drug-likeness (QED) is 0.192. The Kier molecular flexibility index (Phi) is 8.41. The van der Waals surface area contributed by atoms with E-state index in [-0.39, 0.29) is 11.5 Å². The summed E-state index contributed by atoms with van der Waals surface area (Å²) in [6.07, 6.45) is 2.78. The number of nitrogens with zero attached hydrogens (tertiary/aromatic N) is 6. The summed E-state index contributed by atoms with van der Waals surface area (Å²) in [5.74, 6) is 0.904. The van der Waals surface area contributed by atoms with Gasteiger partial charge in [-0.15, -0.1) is 0 Å². The number of piperidine rings is 1. The monoisotopic (exact) mass is 619 g/mol. The number of anilines is 2. The normalized spacial score (nSPS) is 18.0. The summed E-state index contributed by atoms with van der Waals surface area (Å²) >= 11 is 0. The van der Waals surface area contributed by atoms with Crippen LogP contribution in [-0.4, -0.2) is 70.5 Å². The second-order valence-electron chi connectivity index (χ2n) is 11.6. The van der Waals surface area contributed by atoms with Gasteiger partial charge < -0.3 is 24.5 Å². The predicted octanol–water partition coefficient (Wildman–Crippen LogP) is 5.98. The van der Waals surface area contributed by atoms with E-state index in [2.05, 4.69) is 20.2 Å². The molecule has 12 heteroatoms. The second-order valence-corrected chi connectivity index (χ2v) is 11.6. The fourth-order valence-corrected chi connectivity index (χ4v) is 6.00. The summed E-state index contributed by atoms with van der Waals surface area (Å²) in [6, 6.07) is 12.3. The van der Waals surface area contributed by atoms with Crippen molar-refractivity contribution < 1.29 is 22.4 Å². The molecule has 8 nitrogen and oxygen atoms in total. The Labute approximate surface area is 258 Å². The van der Waals surface area contributed by atoms with Gasteiger partial charge >= 0.3 is 6.18 Å². The predicted molar refractivity (Wildman–Crippen MR) is 165 cm³/mol. The maximum Gasteiger partial charge on any atom is 0.419 e. The van der Waals surface area contributed by atoms with Crippen LogP contribution in [0.4, 0.5) is 29.2 Å². The number of benzene rings is 2. The number of likely N-dealkylation sites (N-methyl/N-ethyl adjacent to an activating group) is 1. The molecule has 234 valence electrons. The number of fused-ring (bicyclic) bond motifs is 1. The van der Waals surface area contributed by atoms with Crippen LogP contribution in [-0.2, 0) is 17.5 Å². The fourth-order valence-electron chi connectivity index (χ4n) is 6.00. The molecule has 0 bridgehead atoms. The largest absolute Gasteiger partial charge is 0.419 e. The first-order chi connectivity index (χ1) is 21.6. The van der Waals surface area contributed by atoms with Gasteiger partial charge in [-0.3, -0.25) is 0 Å². The molecule has 2 aromatic heterocycles. The highest BCUT2D eigenvalue weighted by molar-refractivity contribution is 6.04. The number of halogens is 4. The van der Waals surface area contributed by atoms with Crippen LogP contribution in [0.25, 0.3) is 22.9 Å². The number of nitrogens with one attached hydrogen (secondary N) is 1. The molecule has 0 aliphatic carbocycles. The van der Waals surface area contributed by atoms with E-state index in [4.69, 9.17) is 4.98 Å². The smallest absolute Gasteiger partial charge is 0.356 e. The lowest BCUT2D eigenvalue weighted by atomic mass is 9.94. The Hall–Kier alpha value is -4.58. The van der Waals surface area contributed by atoms with Gasteiger partial charge in [0.1, 0.15) is 41.9 Å². The van der Waals surface area contributed by atoms with E-state index in [1.54, 1.807) is 6.20 Å². The third kappa shape index (κ3) is 6.32. The van der Waals surface area contributed by atoms with E-state index in [0.717, 1.165) is 59.6 Å². The van der Waals surface area contributed by atoms with Gasteiger partial charge in [0.25, 0.3) is 0 Å². The van der Waals surface area contributed by atoms with Crippen molar-refractivity contribution in [2.75, 3.05) is 43.9 Å². The summed E-state index contributed by atoms with van der Waals surface area (Å²) < 4.78 is 56.4. The van der Waals surface area contributed by atoms with Crippen LogP contribution < -0.4 is 10.2 Å². The average molecular weight is 620 g/mol. The van der Waals surface area contributed by atoms with Gasteiger partial charge in [-0.25, -0.2) is 19.3 Å². The Morgan fingerprint density at radius 3 is 2.51 bits per heavy atom. The van der Waals surface area contributed by atoms with Gasteiger partial charge in [0.05, 0.1) is 16.8 Å². The van der Waals surface area contributed by atoms with E-state index in [1.807, 2.05) is 60.0 Å². The molecule has 0 saturated carbocycles. The van der Waals surface area contributed by atoms with Crippen molar-refractivity contribution in [1.82, 2.24) is 24.4 Å². The molecule has 2 aliphatic heterocycles. The van der Waals surface area contributed by atoms with Crippen molar-refractivity contribution in [2.45, 2.75) is 37.5 Å². The van der Waals surface area contributed by atoms with Crippen molar-refractivity contribution in [2.24, 2.45) is 0 Å². The van der Waals surface area contributed by atoms with Crippen molar-refractivity contribution >= 4 is 29.6 Å². The third-order valence-electron chi connectivity index (χ3n) is 8.32. The van der Waals surface area contributed by atoms with Gasteiger partial charge in [0.15, 0.2) is 0 Å². The highest BCUT2D eigenvalue weighted by Crippen LogP contribution is 2.42. The molecule has 4 aromatic rings. The average Bonchev–Trinajstić information content (AvgIpc) is 3.62. The number of carbonyl (C=O) groups excluding carboxylic acids is 1. The summed E-state index contributed by atoms with van der Waals surface area (Å²) in [7, 11) is 3.91. The number of hydrogen-bond acceptors (Lipinski definition) is 7. The highest BCUT2D eigenvalue weighted by Gasteiger charge is 2.36. The third-order valence-corrected chi connectivity index (χ3v) is 8.32. The van der Waals surface area contributed by atoms with E-state index >= 15 is 0 Å². The molecular weight excluding hydrogens is 586 g/mol. The standard InChI is InChI=1S/C33H33F4N7O/c1-42(2)14-15-44-18-27(23-8-9-26(34)25(17-23)33(35,36)37)41-31(44)22-10-12-43(13-11-22)32-29-24(16-21-6-4-3-5-7-21)28(19-45)40-30(29)38-20-39-32/h3-9,16-20,22,28H,10-15H2,1-2H3,(H,38,39,40). The van der Waals surface area contributed by atoms with Crippen molar-refractivity contribution in [3.63, 3.8) is 0 Å². The zero-order chi connectivity index (χ0) is 31.7. The van der Waals surface area contributed by atoms with Gasteiger partial charge in [-0.2, -0.15) is 13.2 Å². The first kappa shape index (κ1) is 30.4. The Morgan fingerprint density at radius 2 is 1.82 bits per heavy atom. The molecule has 1 atom stereocenters. The zero-order valence-electron chi connectivity index (χ0n) is 24.9. The molecule has 0 amide bonds. The lowest BCUT2D eigenvalue weighted by Crippen LogP contribution is -2.35. The molecule has 45 heavy (non-hydrogen) atoms. The maximum atomic E-state index is 14.0. The Balaban J connectivity index is 1.28. The van der Waals surface area contributed by atoms with E-state index in [0.29, 0.717) is 37.7 Å². The van der Waals surface area contributed by atoms with Crippen LogP contribution in [0, 0.1) is 5.82 Å². The van der Waals surface area contributed by atoms with Crippen LogP contribution in [0.5, 0.6) is 0 Å². The van der Waals surface area contributed by atoms with Crippen LogP contribution >= 0.6 is 0 Å². The SMILES string of the molecule is CN(C)CCn1cc(-c2ccc(F)c(C(F)(F)F)c2)nc1C1CCN(c2ncnc3c2C(=Cc2ccccc2)C(C=O)N3)CC1. The lowest BCUT2D eigenvalue weighted by Gasteiger charge is -2.33. The number of carbonyl (C=O) groups is 1. The first-order valence-electron chi connectivity index (χ1n) is 14.8. The summed E-state index contributed by atoms with van der Waals surface area (Å²) in [6.45, 7) is 2.63. The fraction of sp³-hybridized carbons (Fsp3) is 0.333. The minimum absolute atomic E-state index is 0.0507. The lowest BCUT2D eigenvalue weighted by molar-refractivity contribution is -0.139. The number of aromatic nitrogens is 4. The van der Waals surface area contributed by atoms with E-state index in [9.17, 15) is 22.4 Å². The van der Waals surface area contributed by atoms with E-state index in [1.165, 1.54) is 12.4 Å². The number of rotatable bonds is 8. The minimum Gasteiger partial charge on any atom is -0.356 e. The molecule has 1 fully saturated rings. The molecule has 6 rings (SSSR count). The van der Waals surface area contributed by atoms with Crippen molar-refractivity contribution in [3.8, 4) is 11.3 Å². The molecule has 1 unspecified atom stereocenters. The Bertz CT molecular complexity index is 1710. The first-order valence-corrected chi connectivity index (χ1v) is 14.8. The Morgan fingerprint density at radius 1 is 1.07 bits per heavy atom. The molecular formula is C33H33F4N7O. The van der Waals surface area contributed by atoms with Crippen LogP contribution in [0.2, 0.25) is 0 Å². The topological polar surface area (TPSA) is 79.2 Å². The molecule has 4 heterocycles. The summed E-state index contributed by atoms with van der Waals surface area (Å²) in [5.41, 5.74) is 1.88.